The standard InChI is InChI=1S/C15H13N3O3/c16-14(19)15(20)18-17-10-11-5-4-8-13(9-11)21-12-6-2-1-3-7-12/h1-10H,(H2,16,19)(H,18,20)/b17-10+. The third-order valence-electron chi connectivity index (χ3n) is 2.44. The van der Waals surface area contributed by atoms with E-state index in [1.54, 1.807) is 24.3 Å². The minimum atomic E-state index is -1.09. The number of carbonyl (C=O) groups excluding carboxylic acids is 2. The van der Waals surface area contributed by atoms with Gasteiger partial charge in [-0.25, -0.2) is 5.43 Å². The van der Waals surface area contributed by atoms with Crippen molar-refractivity contribution in [1.82, 2.24) is 5.43 Å². The molecule has 0 aromatic heterocycles. The Morgan fingerprint density at radius 1 is 1.05 bits per heavy atom. The molecule has 0 aliphatic heterocycles. The highest BCUT2D eigenvalue weighted by atomic mass is 16.5. The van der Waals surface area contributed by atoms with Gasteiger partial charge in [-0.3, -0.25) is 9.59 Å². The molecule has 0 saturated carbocycles. The molecule has 0 unspecified atom stereocenters. The first-order chi connectivity index (χ1) is 10.1. The summed E-state index contributed by atoms with van der Waals surface area (Å²) in [5.41, 5.74) is 7.50. The lowest BCUT2D eigenvalue weighted by Gasteiger charge is -2.05. The summed E-state index contributed by atoms with van der Waals surface area (Å²) in [6.07, 6.45) is 1.39. The van der Waals surface area contributed by atoms with Crippen LogP contribution in [0.4, 0.5) is 0 Å². The number of carbonyl (C=O) groups is 2. The lowest BCUT2D eigenvalue weighted by atomic mass is 10.2. The molecule has 2 aromatic rings. The summed E-state index contributed by atoms with van der Waals surface area (Å²) in [6.45, 7) is 0. The molecule has 106 valence electrons. The maximum atomic E-state index is 10.9. The summed E-state index contributed by atoms with van der Waals surface area (Å²) in [7, 11) is 0. The summed E-state index contributed by atoms with van der Waals surface area (Å²) >= 11 is 0. The highest BCUT2D eigenvalue weighted by Crippen LogP contribution is 2.21. The molecular weight excluding hydrogens is 270 g/mol. The number of primary amides is 1. The van der Waals surface area contributed by atoms with Crippen molar-refractivity contribution >= 4 is 18.0 Å². The van der Waals surface area contributed by atoms with E-state index in [1.165, 1.54) is 6.21 Å². The summed E-state index contributed by atoms with van der Waals surface area (Å²) in [4.78, 5) is 21.4. The van der Waals surface area contributed by atoms with Crippen LogP contribution in [-0.4, -0.2) is 18.0 Å². The van der Waals surface area contributed by atoms with Crippen LogP contribution in [-0.2, 0) is 9.59 Å². The molecular formula is C15H13N3O3. The molecule has 0 spiro atoms. The van der Waals surface area contributed by atoms with Crippen LogP contribution in [0.15, 0.2) is 59.7 Å². The van der Waals surface area contributed by atoms with E-state index in [1.807, 2.05) is 35.8 Å². The van der Waals surface area contributed by atoms with Crippen molar-refractivity contribution in [3.63, 3.8) is 0 Å². The minimum absolute atomic E-state index is 0.631. The van der Waals surface area contributed by atoms with E-state index in [0.717, 1.165) is 0 Å². The molecule has 2 amide bonds. The molecule has 0 atom stereocenters. The normalized spacial score (nSPS) is 10.3. The predicted molar refractivity (Wildman–Crippen MR) is 77.9 cm³/mol. The summed E-state index contributed by atoms with van der Waals surface area (Å²) in [5.74, 6) is -0.712. The molecule has 0 heterocycles. The topological polar surface area (TPSA) is 93.8 Å². The SMILES string of the molecule is NC(=O)C(=O)N/N=C/c1cccc(Oc2ccccc2)c1. The molecule has 0 fully saturated rings. The average molecular weight is 283 g/mol. The first-order valence-electron chi connectivity index (χ1n) is 6.11. The Bertz CT molecular complexity index is 669. The zero-order valence-corrected chi connectivity index (χ0v) is 11.0. The Hall–Kier alpha value is -3.15. The molecule has 6 nitrogen and oxygen atoms in total. The molecule has 0 saturated heterocycles. The predicted octanol–water partition coefficient (Wildman–Crippen LogP) is 1.41. The van der Waals surface area contributed by atoms with Gasteiger partial charge in [0.25, 0.3) is 0 Å². The van der Waals surface area contributed by atoms with Crippen LogP contribution in [0.2, 0.25) is 0 Å². The van der Waals surface area contributed by atoms with Gasteiger partial charge in [-0.15, -0.1) is 0 Å². The Morgan fingerprint density at radius 2 is 1.76 bits per heavy atom. The van der Waals surface area contributed by atoms with E-state index < -0.39 is 11.8 Å². The van der Waals surface area contributed by atoms with Gasteiger partial charge in [0, 0.05) is 0 Å². The maximum absolute atomic E-state index is 10.9. The number of para-hydroxylation sites is 1. The maximum Gasteiger partial charge on any atom is 0.329 e. The zero-order valence-electron chi connectivity index (χ0n) is 11.0. The third kappa shape index (κ3) is 4.46. The van der Waals surface area contributed by atoms with Crippen LogP contribution in [0.25, 0.3) is 0 Å². The first kappa shape index (κ1) is 14.3. The summed E-state index contributed by atoms with van der Waals surface area (Å²) in [5, 5.41) is 3.63. The van der Waals surface area contributed by atoms with E-state index in [9.17, 15) is 9.59 Å². The highest BCUT2D eigenvalue weighted by molar-refractivity contribution is 6.34. The Morgan fingerprint density at radius 3 is 2.48 bits per heavy atom. The van der Waals surface area contributed by atoms with Crippen LogP contribution < -0.4 is 15.9 Å². The van der Waals surface area contributed by atoms with Crippen LogP contribution in [0.3, 0.4) is 0 Å². The number of benzene rings is 2. The number of hydrogen-bond donors (Lipinski definition) is 2. The number of hydrogen-bond acceptors (Lipinski definition) is 4. The van der Waals surface area contributed by atoms with Gasteiger partial charge in [0.15, 0.2) is 0 Å². The molecule has 2 rings (SSSR count). The quantitative estimate of drug-likeness (QED) is 0.504. The van der Waals surface area contributed by atoms with Crippen molar-refractivity contribution in [3.8, 4) is 11.5 Å². The van der Waals surface area contributed by atoms with Crippen molar-refractivity contribution in [2.24, 2.45) is 10.8 Å². The fraction of sp³-hybridized carbons (Fsp3) is 0. The van der Waals surface area contributed by atoms with E-state index in [4.69, 9.17) is 10.5 Å². The van der Waals surface area contributed by atoms with Gasteiger partial charge >= 0.3 is 11.8 Å². The van der Waals surface area contributed by atoms with Gasteiger partial charge in [-0.1, -0.05) is 30.3 Å². The summed E-state index contributed by atoms with van der Waals surface area (Å²) < 4.78 is 5.66. The fourth-order valence-electron chi connectivity index (χ4n) is 1.50. The number of amides is 2. The van der Waals surface area contributed by atoms with E-state index in [-0.39, 0.29) is 0 Å². The van der Waals surface area contributed by atoms with Gasteiger partial charge in [-0.05, 0) is 29.8 Å². The van der Waals surface area contributed by atoms with Crippen LogP contribution in [0.5, 0.6) is 11.5 Å². The van der Waals surface area contributed by atoms with Gasteiger partial charge in [0.2, 0.25) is 0 Å². The van der Waals surface area contributed by atoms with Crippen molar-refractivity contribution in [3.05, 3.63) is 60.2 Å². The van der Waals surface area contributed by atoms with Gasteiger partial charge in [-0.2, -0.15) is 5.10 Å². The smallest absolute Gasteiger partial charge is 0.329 e. The van der Waals surface area contributed by atoms with E-state index in [0.29, 0.717) is 17.1 Å². The van der Waals surface area contributed by atoms with Gasteiger partial charge in [0.1, 0.15) is 11.5 Å². The molecule has 3 N–H and O–H groups in total. The van der Waals surface area contributed by atoms with Crippen molar-refractivity contribution in [2.75, 3.05) is 0 Å². The largest absolute Gasteiger partial charge is 0.457 e. The molecule has 0 aliphatic carbocycles. The molecule has 0 radical (unpaired) electrons. The van der Waals surface area contributed by atoms with Gasteiger partial charge < -0.3 is 10.5 Å². The molecule has 21 heavy (non-hydrogen) atoms. The molecule has 0 bridgehead atoms. The van der Waals surface area contributed by atoms with Crippen LogP contribution in [0, 0.1) is 0 Å². The monoisotopic (exact) mass is 283 g/mol. The lowest BCUT2D eigenvalue weighted by molar-refractivity contribution is -0.137. The van der Waals surface area contributed by atoms with Crippen LogP contribution >= 0.6 is 0 Å². The van der Waals surface area contributed by atoms with Crippen molar-refractivity contribution in [2.45, 2.75) is 0 Å². The molecule has 0 aliphatic rings. The second-order valence-electron chi connectivity index (χ2n) is 4.05. The van der Waals surface area contributed by atoms with E-state index >= 15 is 0 Å². The second kappa shape index (κ2) is 6.85. The van der Waals surface area contributed by atoms with Crippen molar-refractivity contribution < 1.29 is 14.3 Å². The fourth-order valence-corrected chi connectivity index (χ4v) is 1.50. The van der Waals surface area contributed by atoms with Crippen molar-refractivity contribution in [1.29, 1.82) is 0 Å². The Kier molecular flexibility index (Phi) is 4.66. The average Bonchev–Trinajstić information content (AvgIpc) is 2.48. The van der Waals surface area contributed by atoms with Crippen LogP contribution in [0.1, 0.15) is 5.56 Å². The number of rotatable bonds is 4. The number of ether oxygens (including phenoxy) is 1. The summed E-state index contributed by atoms with van der Waals surface area (Å²) in [6, 6.07) is 16.4. The minimum Gasteiger partial charge on any atom is -0.457 e. The zero-order chi connectivity index (χ0) is 15.1. The molecule has 2 aromatic carbocycles. The van der Waals surface area contributed by atoms with E-state index in [2.05, 4.69) is 5.10 Å². The number of nitrogens with two attached hydrogens (primary N) is 1. The Balaban J connectivity index is 2.02. The first-order valence-corrected chi connectivity index (χ1v) is 6.11. The Labute approximate surface area is 121 Å². The second-order valence-corrected chi connectivity index (χ2v) is 4.05. The van der Waals surface area contributed by atoms with Gasteiger partial charge in [0.05, 0.1) is 6.21 Å². The third-order valence-corrected chi connectivity index (χ3v) is 2.44. The molecule has 6 heteroatoms. The number of nitrogens with zero attached hydrogens (tertiary/aromatic N) is 1. The highest BCUT2D eigenvalue weighted by Gasteiger charge is 2.05. The lowest BCUT2D eigenvalue weighted by Crippen LogP contribution is -2.32. The number of nitrogens with one attached hydrogen (secondary N) is 1. The number of hydrazone groups is 1.